The van der Waals surface area contributed by atoms with Crippen LogP contribution < -0.4 is 11.1 Å². The van der Waals surface area contributed by atoms with Crippen molar-refractivity contribution >= 4 is 39.2 Å². The molecule has 138 valence electrons. The molecule has 0 bridgehead atoms. The van der Waals surface area contributed by atoms with Gasteiger partial charge in [-0.2, -0.15) is 0 Å². The lowest BCUT2D eigenvalue weighted by Crippen LogP contribution is -2.21. The summed E-state index contributed by atoms with van der Waals surface area (Å²) in [6.07, 6.45) is 0.752. The summed E-state index contributed by atoms with van der Waals surface area (Å²) in [5.74, 6) is 0.269. The van der Waals surface area contributed by atoms with Crippen LogP contribution in [0, 0.1) is 18.1 Å². The first-order valence-electron chi connectivity index (χ1n) is 9.26. The molecule has 0 fully saturated rings. The van der Waals surface area contributed by atoms with E-state index in [4.69, 9.17) is 15.7 Å². The molecule has 3 N–H and O–H groups in total. The Kier molecular flexibility index (Phi) is 4.54. The summed E-state index contributed by atoms with van der Waals surface area (Å²) in [5, 5.41) is 4.91. The van der Waals surface area contributed by atoms with Crippen LogP contribution in [0.25, 0.3) is 33.1 Å². The number of nitrogens with zero attached hydrogens (tertiary/aromatic N) is 2. The highest BCUT2D eigenvalue weighted by Gasteiger charge is 2.17. The van der Waals surface area contributed by atoms with E-state index in [0.29, 0.717) is 22.7 Å². The molecular weight excluding hydrogens is 348 g/mol. The fourth-order valence-electron chi connectivity index (χ4n) is 3.07. The van der Waals surface area contributed by atoms with Gasteiger partial charge in [0.1, 0.15) is 5.69 Å². The van der Waals surface area contributed by atoms with Crippen molar-refractivity contribution in [2.75, 3.05) is 11.1 Å². The smallest absolute Gasteiger partial charge is 0.228 e. The minimum Gasteiger partial charge on any atom is -0.399 e. The Balaban J connectivity index is 1.95. The van der Waals surface area contributed by atoms with Crippen molar-refractivity contribution < 1.29 is 4.79 Å². The van der Waals surface area contributed by atoms with Gasteiger partial charge in [0.2, 0.25) is 5.91 Å². The number of rotatable bonds is 4. The highest BCUT2D eigenvalue weighted by molar-refractivity contribution is 6.06. The minimum absolute atomic E-state index is 0.0718. The van der Waals surface area contributed by atoms with Crippen molar-refractivity contribution in [1.82, 2.24) is 9.97 Å². The molecule has 1 unspecified atom stereocenters. The maximum absolute atomic E-state index is 12.5. The maximum atomic E-state index is 12.5. The molecule has 5 nitrogen and oxygen atoms in total. The predicted octanol–water partition coefficient (Wildman–Crippen LogP) is 4.62. The Morgan fingerprint density at radius 2 is 2.04 bits per heavy atom. The van der Waals surface area contributed by atoms with E-state index in [1.54, 1.807) is 12.1 Å². The molecule has 1 atom stereocenters. The van der Waals surface area contributed by atoms with E-state index in [0.717, 1.165) is 28.3 Å². The molecule has 0 spiro atoms. The van der Waals surface area contributed by atoms with Crippen molar-refractivity contribution in [3.63, 3.8) is 0 Å². The number of anilines is 2. The molecule has 3 aromatic carbocycles. The number of nitrogens with two attached hydrogens (primary N) is 1. The van der Waals surface area contributed by atoms with Crippen LogP contribution in [0.1, 0.15) is 20.3 Å². The van der Waals surface area contributed by atoms with Gasteiger partial charge in [-0.1, -0.05) is 38.1 Å². The Hall–Kier alpha value is -3.65. The Labute approximate surface area is 163 Å². The maximum Gasteiger partial charge on any atom is 0.228 e. The van der Waals surface area contributed by atoms with Gasteiger partial charge in [0, 0.05) is 22.6 Å². The van der Waals surface area contributed by atoms with Gasteiger partial charge in [-0.15, -0.1) is 0 Å². The van der Waals surface area contributed by atoms with Crippen molar-refractivity contribution in [1.29, 1.82) is 0 Å². The normalized spacial score (nSPS) is 11.9. The number of carbonyl (C=O) groups is 1. The lowest BCUT2D eigenvalue weighted by molar-refractivity contribution is -0.119. The summed E-state index contributed by atoms with van der Waals surface area (Å²) in [6.45, 7) is 3.88. The summed E-state index contributed by atoms with van der Waals surface area (Å²) in [6, 6.07) is 20.9. The van der Waals surface area contributed by atoms with Gasteiger partial charge in [-0.25, -0.2) is 9.97 Å². The van der Waals surface area contributed by atoms with Crippen LogP contribution in [0.5, 0.6) is 0 Å². The molecule has 4 rings (SSSR count). The second kappa shape index (κ2) is 7.16. The molecule has 1 heterocycles. The quantitative estimate of drug-likeness (QED) is 0.407. The van der Waals surface area contributed by atoms with E-state index in [9.17, 15) is 4.79 Å². The number of hydrogen-bond donors (Lipinski definition) is 2. The van der Waals surface area contributed by atoms with Gasteiger partial charge in [-0.3, -0.25) is 4.79 Å². The number of amides is 1. The molecule has 0 saturated carbocycles. The van der Waals surface area contributed by atoms with Crippen LogP contribution in [0.4, 0.5) is 11.5 Å². The molecular formula is C23H20N4O. The van der Waals surface area contributed by atoms with Gasteiger partial charge in [-0.05, 0) is 48.2 Å². The molecule has 5 heteroatoms. The summed E-state index contributed by atoms with van der Waals surface area (Å²) >= 11 is 0. The number of fused-ring (bicyclic) bond motifs is 3. The third kappa shape index (κ3) is 3.21. The first-order chi connectivity index (χ1) is 13.6. The van der Waals surface area contributed by atoms with Gasteiger partial charge < -0.3 is 11.1 Å². The summed E-state index contributed by atoms with van der Waals surface area (Å²) < 4.78 is 0. The number of hydrogen-bond acceptors (Lipinski definition) is 4. The fraction of sp³-hybridized carbons (Fsp3) is 0.174. The molecule has 1 aromatic heterocycles. The zero-order chi connectivity index (χ0) is 19.7. The van der Waals surface area contributed by atoms with E-state index < -0.39 is 0 Å². The van der Waals surface area contributed by atoms with E-state index >= 15 is 0 Å². The number of nitrogens with one attached hydrogen (secondary N) is 1. The zero-order valence-electron chi connectivity index (χ0n) is 15.8. The number of carbonyl (C=O) groups excluding carboxylic acids is 1. The van der Waals surface area contributed by atoms with Gasteiger partial charge in [0.05, 0.1) is 11.0 Å². The van der Waals surface area contributed by atoms with Crippen LogP contribution in [-0.4, -0.2) is 15.9 Å². The van der Waals surface area contributed by atoms with E-state index in [1.165, 1.54) is 0 Å². The summed E-state index contributed by atoms with van der Waals surface area (Å²) in [7, 11) is 0. The van der Waals surface area contributed by atoms with Gasteiger partial charge in [0.15, 0.2) is 5.82 Å². The SMILES string of the molecule is CCC(C)C(=O)Nc1nc2ccc3cc(N)ccc3c2nc1-c1cc#ccc1. The highest BCUT2D eigenvalue weighted by atomic mass is 16.1. The van der Waals surface area contributed by atoms with Crippen molar-refractivity contribution in [2.45, 2.75) is 20.3 Å². The third-order valence-corrected chi connectivity index (χ3v) is 4.91. The fourth-order valence-corrected chi connectivity index (χ4v) is 3.07. The second-order valence-electron chi connectivity index (χ2n) is 6.85. The average molecular weight is 368 g/mol. The monoisotopic (exact) mass is 368 g/mol. The van der Waals surface area contributed by atoms with Gasteiger partial charge in [0.25, 0.3) is 0 Å². The number of nitrogen functional groups attached to an aromatic ring is 1. The van der Waals surface area contributed by atoms with E-state index in [2.05, 4.69) is 17.4 Å². The molecule has 28 heavy (non-hydrogen) atoms. The van der Waals surface area contributed by atoms with Crippen LogP contribution in [-0.2, 0) is 4.79 Å². The molecule has 4 aromatic rings. The van der Waals surface area contributed by atoms with Crippen LogP contribution >= 0.6 is 0 Å². The lowest BCUT2D eigenvalue weighted by atomic mass is 10.1. The largest absolute Gasteiger partial charge is 0.399 e. The zero-order valence-corrected chi connectivity index (χ0v) is 15.8. The molecule has 0 radical (unpaired) electrons. The molecule has 0 aliphatic carbocycles. The summed E-state index contributed by atoms with van der Waals surface area (Å²) in [5.41, 5.74) is 9.53. The third-order valence-electron chi connectivity index (χ3n) is 4.91. The topological polar surface area (TPSA) is 80.9 Å². The highest BCUT2D eigenvalue weighted by Crippen LogP contribution is 2.31. The number of aromatic nitrogens is 2. The average Bonchev–Trinajstić information content (AvgIpc) is 2.72. The Morgan fingerprint density at radius 1 is 1.18 bits per heavy atom. The summed E-state index contributed by atoms with van der Waals surface area (Å²) in [4.78, 5) is 22.1. The first-order valence-corrected chi connectivity index (χ1v) is 9.26. The van der Waals surface area contributed by atoms with Crippen LogP contribution in [0.15, 0.2) is 48.5 Å². The van der Waals surface area contributed by atoms with Crippen molar-refractivity contribution in [3.8, 4) is 11.3 Å². The predicted molar refractivity (Wildman–Crippen MR) is 113 cm³/mol. The molecule has 0 aliphatic rings. The van der Waals surface area contributed by atoms with E-state index in [1.807, 2.05) is 50.2 Å². The molecule has 0 saturated heterocycles. The number of benzene rings is 2. The Bertz CT molecular complexity index is 1170. The second-order valence-corrected chi connectivity index (χ2v) is 6.85. The van der Waals surface area contributed by atoms with Crippen LogP contribution in [0.3, 0.4) is 0 Å². The van der Waals surface area contributed by atoms with Gasteiger partial charge >= 0.3 is 0 Å². The standard InChI is InChI=1S/C23H20N4O/c1-3-14(2)23(28)27-22-20(15-7-5-4-6-8-15)26-21-18-11-10-17(24)13-16(18)9-12-19(21)25-22/h5,7-14H,3,24H2,1-2H3,(H,25,27,28). The molecule has 0 aliphatic heterocycles. The lowest BCUT2D eigenvalue weighted by Gasteiger charge is -2.14. The minimum atomic E-state index is -0.111. The Morgan fingerprint density at radius 3 is 2.79 bits per heavy atom. The van der Waals surface area contributed by atoms with Crippen LogP contribution in [0.2, 0.25) is 0 Å². The van der Waals surface area contributed by atoms with Crippen molar-refractivity contribution in [3.05, 3.63) is 60.7 Å². The van der Waals surface area contributed by atoms with Crippen molar-refractivity contribution in [2.24, 2.45) is 5.92 Å². The first kappa shape index (κ1) is 17.7. The van der Waals surface area contributed by atoms with E-state index in [-0.39, 0.29) is 11.8 Å². The molecule has 1 amide bonds.